The molecule has 0 unspecified atom stereocenters. The zero-order valence-corrected chi connectivity index (χ0v) is 4.67. The van der Waals surface area contributed by atoms with E-state index in [2.05, 4.69) is 32.8 Å². The topological polar surface area (TPSA) is 24.1 Å². The van der Waals surface area contributed by atoms with E-state index in [9.17, 15) is 0 Å². The Bertz CT molecular complexity index is 78.9. The van der Waals surface area contributed by atoms with Gasteiger partial charge in [0.1, 0.15) is 4.61 Å². The van der Waals surface area contributed by atoms with Crippen molar-refractivity contribution < 1.29 is 0 Å². The van der Waals surface area contributed by atoms with Crippen LogP contribution in [0.15, 0.2) is 4.61 Å². The van der Waals surface area contributed by atoms with Gasteiger partial charge >= 0.3 is 0 Å². The lowest BCUT2D eigenvalue weighted by atomic mass is 11.0. The lowest BCUT2D eigenvalue weighted by molar-refractivity contribution is 0.824. The molecule has 1 heterocycles. The van der Waals surface area contributed by atoms with Crippen molar-refractivity contribution in [2.45, 2.75) is 0 Å². The smallest absolute Gasteiger partial charge is 0.105 e. The molecule has 2 nitrogen and oxygen atoms in total. The van der Waals surface area contributed by atoms with Gasteiger partial charge in [-0.2, -0.15) is 0 Å². The molecule has 0 saturated heterocycles. The van der Waals surface area contributed by atoms with Gasteiger partial charge in [-0.25, -0.2) is 0 Å². The van der Waals surface area contributed by atoms with Crippen LogP contribution in [0.4, 0.5) is 0 Å². The molecule has 0 aromatic heterocycles. The fourth-order valence-electron chi connectivity index (χ4n) is 0.288. The highest BCUT2D eigenvalue weighted by Crippen LogP contribution is 1.97. The third-order valence-corrected chi connectivity index (χ3v) is 1.01. The van der Waals surface area contributed by atoms with Crippen molar-refractivity contribution in [2.75, 3.05) is 6.67 Å². The van der Waals surface area contributed by atoms with Crippen molar-refractivity contribution >= 4 is 15.9 Å². The molecule has 1 radical (unpaired) electrons. The first kappa shape index (κ1) is 3.99. The van der Waals surface area contributed by atoms with E-state index >= 15 is 0 Å². The standard InChI is InChI=1S/C3H4BrN2/c4-3-1-5-2-6-3/h5-6H,2H2. The van der Waals surface area contributed by atoms with Gasteiger partial charge in [0.15, 0.2) is 0 Å². The van der Waals surface area contributed by atoms with E-state index in [1.54, 1.807) is 0 Å². The van der Waals surface area contributed by atoms with Crippen LogP contribution in [0.5, 0.6) is 0 Å². The molecule has 33 valence electrons. The van der Waals surface area contributed by atoms with Crippen LogP contribution in [-0.4, -0.2) is 6.67 Å². The fourth-order valence-corrected chi connectivity index (χ4v) is 0.568. The number of nitrogens with one attached hydrogen (secondary N) is 2. The minimum atomic E-state index is 0.792. The molecule has 0 aromatic carbocycles. The van der Waals surface area contributed by atoms with Crippen molar-refractivity contribution in [1.82, 2.24) is 10.6 Å². The summed E-state index contributed by atoms with van der Waals surface area (Å²) < 4.78 is 0.905. The highest BCUT2D eigenvalue weighted by atomic mass is 79.9. The Balaban J connectivity index is 2.45. The van der Waals surface area contributed by atoms with Gasteiger partial charge in [0.25, 0.3) is 0 Å². The molecule has 0 atom stereocenters. The molecule has 1 aliphatic rings. The van der Waals surface area contributed by atoms with Gasteiger partial charge in [-0.15, -0.1) is 0 Å². The molecular formula is C3H4BrN2. The van der Waals surface area contributed by atoms with Crippen LogP contribution >= 0.6 is 15.9 Å². The van der Waals surface area contributed by atoms with Crippen molar-refractivity contribution in [3.8, 4) is 0 Å². The van der Waals surface area contributed by atoms with Gasteiger partial charge in [-0.1, -0.05) is 0 Å². The predicted octanol–water partition coefficient (Wildman–Crippen LogP) is 0.134. The van der Waals surface area contributed by atoms with Gasteiger partial charge in [0, 0.05) is 0 Å². The van der Waals surface area contributed by atoms with Gasteiger partial charge in [-0.3, -0.25) is 0 Å². The Morgan fingerprint density at radius 2 is 2.67 bits per heavy atom. The minimum Gasteiger partial charge on any atom is -0.364 e. The summed E-state index contributed by atoms with van der Waals surface area (Å²) in [5.41, 5.74) is 0. The van der Waals surface area contributed by atoms with E-state index in [1.807, 2.05) is 0 Å². The SMILES string of the molecule is BrC1=[C]NCN1. The monoisotopic (exact) mass is 147 g/mol. The van der Waals surface area contributed by atoms with Crippen LogP contribution in [0.25, 0.3) is 0 Å². The van der Waals surface area contributed by atoms with Crippen LogP contribution in [-0.2, 0) is 0 Å². The number of halogens is 1. The van der Waals surface area contributed by atoms with Crippen molar-refractivity contribution in [1.29, 1.82) is 0 Å². The molecule has 0 spiro atoms. The van der Waals surface area contributed by atoms with Crippen molar-refractivity contribution in [3.63, 3.8) is 0 Å². The zero-order valence-electron chi connectivity index (χ0n) is 3.09. The fraction of sp³-hybridized carbons (Fsp3) is 0.333. The summed E-state index contributed by atoms with van der Waals surface area (Å²) in [6.07, 6.45) is 2.79. The first-order valence-corrected chi connectivity index (χ1v) is 2.44. The summed E-state index contributed by atoms with van der Waals surface area (Å²) >= 11 is 3.17. The summed E-state index contributed by atoms with van der Waals surface area (Å²) in [7, 11) is 0. The number of hydrogen-bond acceptors (Lipinski definition) is 2. The maximum Gasteiger partial charge on any atom is 0.105 e. The molecule has 1 aliphatic heterocycles. The summed E-state index contributed by atoms with van der Waals surface area (Å²) in [5, 5.41) is 5.76. The largest absolute Gasteiger partial charge is 0.364 e. The second-order valence-electron chi connectivity index (χ2n) is 0.969. The third kappa shape index (κ3) is 0.653. The highest BCUT2D eigenvalue weighted by molar-refractivity contribution is 9.11. The maximum absolute atomic E-state index is 3.17. The van der Waals surface area contributed by atoms with Gasteiger partial charge < -0.3 is 10.6 Å². The van der Waals surface area contributed by atoms with Crippen LogP contribution < -0.4 is 10.6 Å². The Kier molecular flexibility index (Phi) is 1.01. The van der Waals surface area contributed by atoms with Gasteiger partial charge in [0.2, 0.25) is 0 Å². The average Bonchev–Trinajstić information content (AvgIpc) is 1.86. The zero-order chi connectivity index (χ0) is 4.41. The van der Waals surface area contributed by atoms with Crippen LogP contribution in [0.1, 0.15) is 0 Å². The quantitative estimate of drug-likeness (QED) is 0.477. The van der Waals surface area contributed by atoms with E-state index in [0.29, 0.717) is 0 Å². The molecule has 0 saturated carbocycles. The van der Waals surface area contributed by atoms with Crippen molar-refractivity contribution in [3.05, 3.63) is 10.8 Å². The van der Waals surface area contributed by atoms with E-state index in [0.717, 1.165) is 11.3 Å². The molecule has 0 aromatic rings. The molecule has 0 amide bonds. The Morgan fingerprint density at radius 1 is 1.83 bits per heavy atom. The van der Waals surface area contributed by atoms with Crippen molar-refractivity contribution in [2.24, 2.45) is 0 Å². The molecular weight excluding hydrogens is 144 g/mol. The molecule has 0 aliphatic carbocycles. The normalized spacial score (nSPS) is 18.5. The summed E-state index contributed by atoms with van der Waals surface area (Å²) in [6.45, 7) is 0.792. The first-order chi connectivity index (χ1) is 2.89. The molecule has 0 bridgehead atoms. The van der Waals surface area contributed by atoms with E-state index in [-0.39, 0.29) is 0 Å². The minimum absolute atomic E-state index is 0.792. The lowest BCUT2D eigenvalue weighted by Crippen LogP contribution is -2.12. The first-order valence-electron chi connectivity index (χ1n) is 1.65. The van der Waals surface area contributed by atoms with Gasteiger partial charge in [-0.05, 0) is 15.9 Å². The Morgan fingerprint density at radius 3 is 2.83 bits per heavy atom. The second-order valence-corrected chi connectivity index (χ2v) is 1.76. The third-order valence-electron chi connectivity index (χ3n) is 0.530. The number of rotatable bonds is 0. The van der Waals surface area contributed by atoms with E-state index < -0.39 is 0 Å². The summed E-state index contributed by atoms with van der Waals surface area (Å²) in [5.74, 6) is 0. The van der Waals surface area contributed by atoms with Crippen LogP contribution in [0.2, 0.25) is 0 Å². The molecule has 3 heteroatoms. The van der Waals surface area contributed by atoms with Crippen LogP contribution in [0.3, 0.4) is 0 Å². The highest BCUT2D eigenvalue weighted by Gasteiger charge is 1.93. The predicted molar refractivity (Wildman–Crippen MR) is 26.8 cm³/mol. The molecule has 2 N–H and O–H groups in total. The summed E-state index contributed by atoms with van der Waals surface area (Å²) in [6, 6.07) is 0. The molecule has 1 rings (SSSR count). The average molecular weight is 148 g/mol. The Labute approximate surface area is 44.7 Å². The summed E-state index contributed by atoms with van der Waals surface area (Å²) in [4.78, 5) is 0. The molecule has 0 fully saturated rings. The van der Waals surface area contributed by atoms with E-state index in [4.69, 9.17) is 0 Å². The van der Waals surface area contributed by atoms with Gasteiger partial charge in [0.05, 0.1) is 12.9 Å². The maximum atomic E-state index is 3.17. The molecule has 6 heavy (non-hydrogen) atoms. The lowest BCUT2D eigenvalue weighted by Gasteiger charge is -1.86. The van der Waals surface area contributed by atoms with Crippen LogP contribution in [0, 0.1) is 6.20 Å². The number of hydrogen-bond donors (Lipinski definition) is 2. The van der Waals surface area contributed by atoms with E-state index in [1.165, 1.54) is 0 Å². The second kappa shape index (κ2) is 1.51. The Hall–Kier alpha value is -0.180.